The Morgan fingerprint density at radius 3 is 2.41 bits per heavy atom. The van der Waals surface area contributed by atoms with Gasteiger partial charge in [-0.2, -0.15) is 0 Å². The highest BCUT2D eigenvalue weighted by Gasteiger charge is 2.34. The predicted octanol–water partition coefficient (Wildman–Crippen LogP) is 2.79. The molecule has 0 spiro atoms. The van der Waals surface area contributed by atoms with Crippen molar-refractivity contribution in [3.05, 3.63) is 35.9 Å². The number of benzene rings is 1. The average molecular weight is 229 g/mol. The van der Waals surface area contributed by atoms with Gasteiger partial charge in [-0.25, -0.2) is 0 Å². The molecule has 2 aliphatic heterocycles. The van der Waals surface area contributed by atoms with Crippen molar-refractivity contribution in [1.82, 2.24) is 5.32 Å². The van der Waals surface area contributed by atoms with Gasteiger partial charge in [0.15, 0.2) is 5.78 Å². The minimum atomic E-state index is 0.317. The molecule has 2 atom stereocenters. The smallest absolute Gasteiger partial charge is 0.163 e. The number of nitrogens with one attached hydrogen (secondary N) is 1. The molecule has 0 amide bonds. The average Bonchev–Trinajstić information content (AvgIpc) is 2.70. The molecule has 0 saturated carbocycles. The lowest BCUT2D eigenvalue weighted by Crippen LogP contribution is -2.38. The Kier molecular flexibility index (Phi) is 2.98. The third-order valence-corrected chi connectivity index (χ3v) is 4.14. The van der Waals surface area contributed by atoms with E-state index in [0.717, 1.165) is 12.0 Å². The van der Waals surface area contributed by atoms with Crippen molar-refractivity contribution in [3.63, 3.8) is 0 Å². The highest BCUT2D eigenvalue weighted by molar-refractivity contribution is 5.96. The SMILES string of the molecule is O=C(CC1CC2CCC(C1)N2)c1ccccc1. The lowest BCUT2D eigenvalue weighted by molar-refractivity contribution is 0.0945. The van der Waals surface area contributed by atoms with Crippen molar-refractivity contribution in [1.29, 1.82) is 0 Å². The minimum Gasteiger partial charge on any atom is -0.311 e. The van der Waals surface area contributed by atoms with Gasteiger partial charge >= 0.3 is 0 Å². The van der Waals surface area contributed by atoms with E-state index in [0.29, 0.717) is 23.8 Å². The molecule has 0 aromatic heterocycles. The molecule has 2 saturated heterocycles. The van der Waals surface area contributed by atoms with Gasteiger partial charge in [0.2, 0.25) is 0 Å². The fraction of sp³-hybridized carbons (Fsp3) is 0.533. The molecule has 2 unspecified atom stereocenters. The molecule has 0 radical (unpaired) electrons. The molecule has 1 N–H and O–H groups in total. The first-order valence-electron chi connectivity index (χ1n) is 6.65. The van der Waals surface area contributed by atoms with Gasteiger partial charge in [0.25, 0.3) is 0 Å². The van der Waals surface area contributed by atoms with Crippen LogP contribution < -0.4 is 5.32 Å². The van der Waals surface area contributed by atoms with Gasteiger partial charge in [-0.1, -0.05) is 30.3 Å². The monoisotopic (exact) mass is 229 g/mol. The molecule has 17 heavy (non-hydrogen) atoms. The van der Waals surface area contributed by atoms with Gasteiger partial charge < -0.3 is 5.32 Å². The van der Waals surface area contributed by atoms with Crippen LogP contribution in [0.1, 0.15) is 42.5 Å². The number of fused-ring (bicyclic) bond motifs is 2. The fourth-order valence-electron chi connectivity index (χ4n) is 3.35. The second-order valence-electron chi connectivity index (χ2n) is 5.47. The van der Waals surface area contributed by atoms with Gasteiger partial charge in [-0.05, 0) is 31.6 Å². The van der Waals surface area contributed by atoms with Crippen molar-refractivity contribution in [3.8, 4) is 0 Å². The Balaban J connectivity index is 1.62. The van der Waals surface area contributed by atoms with Crippen molar-refractivity contribution in [2.24, 2.45) is 5.92 Å². The van der Waals surface area contributed by atoms with Crippen LogP contribution in [-0.2, 0) is 0 Å². The summed E-state index contributed by atoms with van der Waals surface area (Å²) in [6.45, 7) is 0. The molecule has 2 heterocycles. The number of piperidine rings is 1. The summed E-state index contributed by atoms with van der Waals surface area (Å²) >= 11 is 0. The molecule has 90 valence electrons. The summed E-state index contributed by atoms with van der Waals surface area (Å²) in [5.41, 5.74) is 0.873. The molecule has 3 rings (SSSR count). The molecular formula is C15H19NO. The molecule has 2 fully saturated rings. The maximum absolute atomic E-state index is 12.1. The van der Waals surface area contributed by atoms with Crippen molar-refractivity contribution in [2.45, 2.75) is 44.2 Å². The molecule has 1 aromatic carbocycles. The van der Waals surface area contributed by atoms with E-state index in [-0.39, 0.29) is 0 Å². The van der Waals surface area contributed by atoms with E-state index in [4.69, 9.17) is 0 Å². The van der Waals surface area contributed by atoms with E-state index in [1.54, 1.807) is 0 Å². The summed E-state index contributed by atoms with van der Waals surface area (Å²) < 4.78 is 0. The third kappa shape index (κ3) is 2.42. The lowest BCUT2D eigenvalue weighted by Gasteiger charge is -2.28. The van der Waals surface area contributed by atoms with Crippen LogP contribution in [0.4, 0.5) is 0 Å². The van der Waals surface area contributed by atoms with E-state index in [1.165, 1.54) is 25.7 Å². The Hall–Kier alpha value is -1.15. The third-order valence-electron chi connectivity index (χ3n) is 4.14. The Bertz CT molecular complexity index is 389. The number of hydrogen-bond acceptors (Lipinski definition) is 2. The fourth-order valence-corrected chi connectivity index (χ4v) is 3.35. The van der Waals surface area contributed by atoms with E-state index in [2.05, 4.69) is 5.32 Å². The van der Waals surface area contributed by atoms with E-state index < -0.39 is 0 Å². The highest BCUT2D eigenvalue weighted by atomic mass is 16.1. The van der Waals surface area contributed by atoms with Crippen molar-refractivity contribution >= 4 is 5.78 Å². The molecule has 2 nitrogen and oxygen atoms in total. The Morgan fingerprint density at radius 2 is 1.76 bits per heavy atom. The first kappa shape index (κ1) is 11.0. The number of hydrogen-bond donors (Lipinski definition) is 1. The minimum absolute atomic E-state index is 0.317. The van der Waals surface area contributed by atoms with Crippen LogP contribution in [0.2, 0.25) is 0 Å². The van der Waals surface area contributed by atoms with Gasteiger partial charge in [0.05, 0.1) is 0 Å². The number of Topliss-reactive ketones (excluding diaryl/α,β-unsaturated/α-hetero) is 1. The van der Waals surface area contributed by atoms with Crippen LogP contribution in [0, 0.1) is 5.92 Å². The number of rotatable bonds is 3. The largest absolute Gasteiger partial charge is 0.311 e. The number of carbonyl (C=O) groups is 1. The number of carbonyl (C=O) groups excluding carboxylic acids is 1. The van der Waals surface area contributed by atoms with E-state index in [9.17, 15) is 4.79 Å². The second-order valence-corrected chi connectivity index (χ2v) is 5.47. The molecule has 0 aliphatic carbocycles. The maximum atomic E-state index is 12.1. The van der Waals surface area contributed by atoms with Crippen molar-refractivity contribution < 1.29 is 4.79 Å². The van der Waals surface area contributed by atoms with Crippen LogP contribution in [0.15, 0.2) is 30.3 Å². The summed E-state index contributed by atoms with van der Waals surface area (Å²) in [7, 11) is 0. The summed E-state index contributed by atoms with van der Waals surface area (Å²) in [5, 5.41) is 3.62. The second kappa shape index (κ2) is 4.61. The van der Waals surface area contributed by atoms with E-state index >= 15 is 0 Å². The summed E-state index contributed by atoms with van der Waals surface area (Å²) in [5.74, 6) is 0.915. The standard InChI is InChI=1S/C15H19NO/c17-15(12-4-2-1-3-5-12)10-11-8-13-6-7-14(9-11)16-13/h1-5,11,13-14,16H,6-10H2. The topological polar surface area (TPSA) is 29.1 Å². The van der Waals surface area contributed by atoms with Gasteiger partial charge in [0, 0.05) is 24.1 Å². The normalized spacial score (nSPS) is 31.4. The zero-order chi connectivity index (χ0) is 11.7. The molecule has 2 heteroatoms. The zero-order valence-electron chi connectivity index (χ0n) is 10.1. The first-order valence-corrected chi connectivity index (χ1v) is 6.65. The van der Waals surface area contributed by atoms with Gasteiger partial charge in [0.1, 0.15) is 0 Å². The predicted molar refractivity (Wildman–Crippen MR) is 68.1 cm³/mol. The van der Waals surface area contributed by atoms with Crippen LogP contribution in [0.25, 0.3) is 0 Å². The first-order chi connectivity index (χ1) is 8.31. The number of ketones is 1. The van der Waals surface area contributed by atoms with Gasteiger partial charge in [-0.15, -0.1) is 0 Å². The molecule has 1 aromatic rings. The summed E-state index contributed by atoms with van der Waals surface area (Å²) in [6, 6.07) is 11.1. The van der Waals surface area contributed by atoms with Crippen LogP contribution in [-0.4, -0.2) is 17.9 Å². The zero-order valence-corrected chi connectivity index (χ0v) is 10.1. The highest BCUT2D eigenvalue weighted by Crippen LogP contribution is 2.33. The Labute approximate surface area is 102 Å². The van der Waals surface area contributed by atoms with Crippen LogP contribution in [0.3, 0.4) is 0 Å². The van der Waals surface area contributed by atoms with E-state index in [1.807, 2.05) is 30.3 Å². The quantitative estimate of drug-likeness (QED) is 0.807. The summed E-state index contributed by atoms with van der Waals surface area (Å²) in [4.78, 5) is 12.1. The molecule has 2 bridgehead atoms. The molecule has 2 aliphatic rings. The summed E-state index contributed by atoms with van der Waals surface area (Å²) in [6.07, 6.45) is 5.73. The van der Waals surface area contributed by atoms with Crippen molar-refractivity contribution in [2.75, 3.05) is 0 Å². The Morgan fingerprint density at radius 1 is 1.12 bits per heavy atom. The van der Waals surface area contributed by atoms with Crippen LogP contribution in [0.5, 0.6) is 0 Å². The lowest BCUT2D eigenvalue weighted by atomic mass is 9.87. The molecular weight excluding hydrogens is 210 g/mol. The maximum Gasteiger partial charge on any atom is 0.163 e. The van der Waals surface area contributed by atoms with Gasteiger partial charge in [-0.3, -0.25) is 4.79 Å². The van der Waals surface area contributed by atoms with Crippen LogP contribution >= 0.6 is 0 Å².